The van der Waals surface area contributed by atoms with Crippen molar-refractivity contribution in [3.05, 3.63) is 18.3 Å². The van der Waals surface area contributed by atoms with Crippen LogP contribution in [0.15, 0.2) is 18.3 Å². The van der Waals surface area contributed by atoms with Gasteiger partial charge in [0.05, 0.1) is 5.69 Å². The standard InChI is InChI=1S/C15H23N3/c1-12(11-13-6-7-13)17-14-5-4-8-16-15(14)18-9-2-3-10-18/h4-5,8,12-13,17H,2-3,6-7,9-11H2,1H3. The van der Waals surface area contributed by atoms with E-state index in [2.05, 4.69) is 28.2 Å². The molecule has 3 nitrogen and oxygen atoms in total. The summed E-state index contributed by atoms with van der Waals surface area (Å²) in [5, 5.41) is 3.65. The van der Waals surface area contributed by atoms with Crippen LogP contribution in [0.1, 0.15) is 39.0 Å². The molecule has 18 heavy (non-hydrogen) atoms. The van der Waals surface area contributed by atoms with Crippen LogP contribution in [0.2, 0.25) is 0 Å². The fraction of sp³-hybridized carbons (Fsp3) is 0.667. The molecule has 3 heteroatoms. The van der Waals surface area contributed by atoms with Crippen LogP contribution < -0.4 is 10.2 Å². The fourth-order valence-electron chi connectivity index (χ4n) is 2.87. The molecule has 98 valence electrons. The Labute approximate surface area is 110 Å². The van der Waals surface area contributed by atoms with E-state index < -0.39 is 0 Å². The summed E-state index contributed by atoms with van der Waals surface area (Å²) in [6.07, 6.45) is 8.66. The summed E-state index contributed by atoms with van der Waals surface area (Å²) < 4.78 is 0. The van der Waals surface area contributed by atoms with Crippen molar-refractivity contribution in [2.75, 3.05) is 23.3 Å². The van der Waals surface area contributed by atoms with E-state index in [1.54, 1.807) is 0 Å². The van der Waals surface area contributed by atoms with Gasteiger partial charge in [-0.3, -0.25) is 0 Å². The largest absolute Gasteiger partial charge is 0.380 e. The van der Waals surface area contributed by atoms with Crippen molar-refractivity contribution in [2.45, 2.75) is 45.1 Å². The third kappa shape index (κ3) is 2.77. The normalized spacial score (nSPS) is 21.1. The average molecular weight is 245 g/mol. The molecule has 1 aromatic heterocycles. The van der Waals surface area contributed by atoms with Gasteiger partial charge in [0.2, 0.25) is 0 Å². The summed E-state index contributed by atoms with van der Waals surface area (Å²) >= 11 is 0. The number of hydrogen-bond donors (Lipinski definition) is 1. The second kappa shape index (κ2) is 5.17. The van der Waals surface area contributed by atoms with Crippen molar-refractivity contribution < 1.29 is 0 Å². The van der Waals surface area contributed by atoms with E-state index in [9.17, 15) is 0 Å². The van der Waals surface area contributed by atoms with Crippen LogP contribution in [0.5, 0.6) is 0 Å². The predicted molar refractivity (Wildman–Crippen MR) is 76.1 cm³/mol. The number of rotatable bonds is 5. The number of pyridine rings is 1. The molecule has 1 aliphatic heterocycles. The third-order valence-corrected chi connectivity index (χ3v) is 3.98. The van der Waals surface area contributed by atoms with E-state index in [4.69, 9.17) is 0 Å². The zero-order valence-electron chi connectivity index (χ0n) is 11.2. The highest BCUT2D eigenvalue weighted by atomic mass is 15.2. The summed E-state index contributed by atoms with van der Waals surface area (Å²) in [7, 11) is 0. The van der Waals surface area contributed by atoms with Gasteiger partial charge in [-0.05, 0) is 44.2 Å². The minimum Gasteiger partial charge on any atom is -0.380 e. The molecule has 0 radical (unpaired) electrons. The van der Waals surface area contributed by atoms with Crippen molar-refractivity contribution >= 4 is 11.5 Å². The van der Waals surface area contributed by atoms with E-state index in [0.717, 1.165) is 24.8 Å². The number of nitrogens with zero attached hydrogens (tertiary/aromatic N) is 2. The lowest BCUT2D eigenvalue weighted by Crippen LogP contribution is -2.23. The van der Waals surface area contributed by atoms with E-state index >= 15 is 0 Å². The van der Waals surface area contributed by atoms with E-state index in [1.807, 2.05) is 12.3 Å². The van der Waals surface area contributed by atoms with Gasteiger partial charge >= 0.3 is 0 Å². The minimum atomic E-state index is 0.558. The van der Waals surface area contributed by atoms with Crippen molar-refractivity contribution in [2.24, 2.45) is 5.92 Å². The average Bonchev–Trinajstić information content (AvgIpc) is 3.01. The lowest BCUT2D eigenvalue weighted by atomic mass is 10.1. The summed E-state index contributed by atoms with van der Waals surface area (Å²) in [6, 6.07) is 4.76. The lowest BCUT2D eigenvalue weighted by molar-refractivity contribution is 0.641. The molecule has 0 aromatic carbocycles. The maximum atomic E-state index is 4.57. The molecule has 1 N–H and O–H groups in total. The van der Waals surface area contributed by atoms with E-state index in [0.29, 0.717) is 6.04 Å². The molecular formula is C15H23N3. The van der Waals surface area contributed by atoms with Crippen molar-refractivity contribution in [3.63, 3.8) is 0 Å². The monoisotopic (exact) mass is 245 g/mol. The minimum absolute atomic E-state index is 0.558. The van der Waals surface area contributed by atoms with Gasteiger partial charge in [0.25, 0.3) is 0 Å². The Balaban J connectivity index is 1.69. The Bertz CT molecular complexity index is 394. The number of nitrogens with one attached hydrogen (secondary N) is 1. The van der Waals surface area contributed by atoms with Crippen molar-refractivity contribution in [1.82, 2.24) is 4.98 Å². The highest BCUT2D eigenvalue weighted by Gasteiger charge is 2.24. The van der Waals surface area contributed by atoms with Gasteiger partial charge in [0.1, 0.15) is 0 Å². The Kier molecular flexibility index (Phi) is 3.39. The van der Waals surface area contributed by atoms with E-state index in [-0.39, 0.29) is 0 Å². The smallest absolute Gasteiger partial charge is 0.151 e. The molecule has 1 saturated heterocycles. The third-order valence-electron chi connectivity index (χ3n) is 3.98. The van der Waals surface area contributed by atoms with Crippen LogP contribution in [-0.2, 0) is 0 Å². The fourth-order valence-corrected chi connectivity index (χ4v) is 2.87. The Morgan fingerprint density at radius 3 is 2.89 bits per heavy atom. The Hall–Kier alpha value is -1.25. The summed E-state index contributed by atoms with van der Waals surface area (Å²) in [4.78, 5) is 6.98. The van der Waals surface area contributed by atoms with Crippen LogP contribution in [0, 0.1) is 5.92 Å². The van der Waals surface area contributed by atoms with Gasteiger partial charge in [-0.2, -0.15) is 0 Å². The van der Waals surface area contributed by atoms with Crippen LogP contribution >= 0.6 is 0 Å². The number of anilines is 2. The molecule has 2 aliphatic rings. The van der Waals surface area contributed by atoms with Crippen LogP contribution in [0.25, 0.3) is 0 Å². The molecule has 1 saturated carbocycles. The summed E-state index contributed by atoms with van der Waals surface area (Å²) in [6.45, 7) is 4.60. The SMILES string of the molecule is CC(CC1CC1)Nc1cccnc1N1CCCC1. The first-order valence-electron chi connectivity index (χ1n) is 7.29. The molecule has 0 bridgehead atoms. The Morgan fingerprint density at radius 2 is 2.17 bits per heavy atom. The second-order valence-electron chi connectivity index (χ2n) is 5.79. The van der Waals surface area contributed by atoms with Gasteiger partial charge in [-0.15, -0.1) is 0 Å². The first-order valence-corrected chi connectivity index (χ1v) is 7.29. The summed E-state index contributed by atoms with van der Waals surface area (Å²) in [5.41, 5.74) is 1.22. The van der Waals surface area contributed by atoms with Crippen LogP contribution in [-0.4, -0.2) is 24.1 Å². The molecule has 2 heterocycles. The molecule has 3 rings (SSSR count). The molecular weight excluding hydrogens is 222 g/mol. The van der Waals surface area contributed by atoms with Crippen molar-refractivity contribution in [1.29, 1.82) is 0 Å². The Morgan fingerprint density at radius 1 is 1.39 bits per heavy atom. The van der Waals surface area contributed by atoms with Gasteiger partial charge in [0.15, 0.2) is 5.82 Å². The van der Waals surface area contributed by atoms with Crippen LogP contribution in [0.4, 0.5) is 11.5 Å². The van der Waals surface area contributed by atoms with E-state index in [1.165, 1.54) is 37.8 Å². The molecule has 0 spiro atoms. The van der Waals surface area contributed by atoms with Gasteiger partial charge in [-0.1, -0.05) is 12.8 Å². The molecule has 0 amide bonds. The molecule has 2 fully saturated rings. The zero-order chi connectivity index (χ0) is 12.4. The maximum absolute atomic E-state index is 4.57. The first kappa shape index (κ1) is 11.8. The van der Waals surface area contributed by atoms with Gasteiger partial charge in [-0.25, -0.2) is 4.98 Å². The topological polar surface area (TPSA) is 28.2 Å². The molecule has 1 atom stereocenters. The predicted octanol–water partition coefficient (Wildman–Crippen LogP) is 3.28. The highest BCUT2D eigenvalue weighted by molar-refractivity contribution is 5.66. The quantitative estimate of drug-likeness (QED) is 0.863. The highest BCUT2D eigenvalue weighted by Crippen LogP contribution is 2.35. The van der Waals surface area contributed by atoms with Crippen molar-refractivity contribution in [3.8, 4) is 0 Å². The molecule has 1 unspecified atom stereocenters. The zero-order valence-corrected chi connectivity index (χ0v) is 11.2. The number of aromatic nitrogens is 1. The first-order chi connectivity index (χ1) is 8.83. The maximum Gasteiger partial charge on any atom is 0.151 e. The summed E-state index contributed by atoms with van der Waals surface area (Å²) in [5.74, 6) is 2.12. The van der Waals surface area contributed by atoms with Gasteiger partial charge in [0, 0.05) is 25.3 Å². The second-order valence-corrected chi connectivity index (χ2v) is 5.79. The lowest BCUT2D eigenvalue weighted by Gasteiger charge is -2.23. The molecule has 1 aliphatic carbocycles. The van der Waals surface area contributed by atoms with Crippen LogP contribution in [0.3, 0.4) is 0 Å². The van der Waals surface area contributed by atoms with Gasteiger partial charge < -0.3 is 10.2 Å². The number of hydrogen-bond acceptors (Lipinski definition) is 3. The molecule has 1 aromatic rings.